The molecule has 0 bridgehead atoms. The maximum Gasteiger partial charge on any atom is 0.283 e. The molecule has 0 unspecified atom stereocenters. The predicted octanol–water partition coefficient (Wildman–Crippen LogP) is 3.69. The van der Waals surface area contributed by atoms with Crippen molar-refractivity contribution in [2.24, 2.45) is 0 Å². The van der Waals surface area contributed by atoms with Crippen LogP contribution in [-0.2, 0) is 4.79 Å². The van der Waals surface area contributed by atoms with Crippen LogP contribution in [0.5, 0.6) is 5.75 Å². The largest absolute Gasteiger partial charge is 0.482 e. The van der Waals surface area contributed by atoms with Crippen molar-refractivity contribution >= 4 is 51.7 Å². The molecule has 4 rings (SSSR count). The molecule has 11 heteroatoms. The van der Waals surface area contributed by atoms with Gasteiger partial charge < -0.3 is 4.74 Å². The zero-order chi connectivity index (χ0) is 21.3. The number of nitrogens with one attached hydrogen (secondary N) is 1. The highest BCUT2D eigenvalue weighted by atomic mass is 35.5. The summed E-state index contributed by atoms with van der Waals surface area (Å²) in [6.07, 6.45) is 2.57. The minimum atomic E-state index is -0.577. The summed E-state index contributed by atoms with van der Waals surface area (Å²) in [5.41, 5.74) is 2.90. The zero-order valence-corrected chi connectivity index (χ0v) is 17.3. The van der Waals surface area contributed by atoms with Crippen LogP contribution in [0.3, 0.4) is 0 Å². The lowest BCUT2D eigenvalue weighted by Gasteiger charge is -2.10. The molecule has 0 aliphatic rings. The molecule has 152 valence electrons. The van der Waals surface area contributed by atoms with Crippen LogP contribution >= 0.6 is 34.8 Å². The van der Waals surface area contributed by atoms with Crippen LogP contribution in [0.4, 0.5) is 0 Å². The van der Waals surface area contributed by atoms with Crippen LogP contribution in [0, 0.1) is 0 Å². The number of carbonyl (C=O) groups excluding carboxylic acids is 1. The third kappa shape index (κ3) is 4.11. The second kappa shape index (κ2) is 8.35. The van der Waals surface area contributed by atoms with Gasteiger partial charge in [-0.05, 0) is 36.4 Å². The van der Waals surface area contributed by atoms with Crippen LogP contribution in [0.1, 0.15) is 0 Å². The van der Waals surface area contributed by atoms with E-state index < -0.39 is 11.5 Å². The topological polar surface area (TPSA) is 91.0 Å². The number of fused-ring (bicyclic) bond motifs is 1. The standard InChI is InChI=1S/C19H12Cl3N5O3/c20-11-2-1-3-13(6-11)27-18-14(8-24-27)19(29)26(10-23-18)25-17(28)9-30-16-5-4-12(21)7-15(16)22/h1-8,10H,9H2,(H,25,28). The normalized spacial score (nSPS) is 10.9. The van der Waals surface area contributed by atoms with Crippen molar-refractivity contribution < 1.29 is 9.53 Å². The molecule has 0 saturated heterocycles. The van der Waals surface area contributed by atoms with Crippen molar-refractivity contribution in [1.29, 1.82) is 0 Å². The third-order valence-corrected chi connectivity index (χ3v) is 4.80. The van der Waals surface area contributed by atoms with Gasteiger partial charge in [0.15, 0.2) is 12.3 Å². The highest BCUT2D eigenvalue weighted by Gasteiger charge is 2.14. The molecule has 2 aromatic carbocycles. The number of amides is 1. The first-order valence-corrected chi connectivity index (χ1v) is 9.65. The van der Waals surface area contributed by atoms with E-state index in [-0.39, 0.29) is 17.0 Å². The van der Waals surface area contributed by atoms with Gasteiger partial charge in [0, 0.05) is 10.0 Å². The lowest BCUT2D eigenvalue weighted by Crippen LogP contribution is -2.35. The van der Waals surface area contributed by atoms with E-state index in [1.807, 2.05) is 0 Å². The van der Waals surface area contributed by atoms with E-state index >= 15 is 0 Å². The van der Waals surface area contributed by atoms with Crippen LogP contribution < -0.4 is 15.7 Å². The number of carbonyl (C=O) groups is 1. The van der Waals surface area contributed by atoms with Gasteiger partial charge in [-0.2, -0.15) is 5.10 Å². The molecular formula is C19H12Cl3N5O3. The molecule has 30 heavy (non-hydrogen) atoms. The maximum atomic E-state index is 12.7. The molecule has 0 fully saturated rings. The molecule has 2 aromatic heterocycles. The number of ether oxygens (including phenoxy) is 1. The second-order valence-electron chi connectivity index (χ2n) is 6.09. The number of hydrogen-bond acceptors (Lipinski definition) is 5. The fraction of sp³-hybridized carbons (Fsp3) is 0.0526. The number of benzene rings is 2. The quantitative estimate of drug-likeness (QED) is 0.486. The Kier molecular flexibility index (Phi) is 5.63. The van der Waals surface area contributed by atoms with Crippen molar-refractivity contribution in [2.45, 2.75) is 0 Å². The molecule has 1 N–H and O–H groups in total. The van der Waals surface area contributed by atoms with Gasteiger partial charge in [-0.3, -0.25) is 15.0 Å². The van der Waals surface area contributed by atoms with Gasteiger partial charge in [0.2, 0.25) is 0 Å². The number of rotatable bonds is 5. The summed E-state index contributed by atoms with van der Waals surface area (Å²) in [5, 5.41) is 5.66. The summed E-state index contributed by atoms with van der Waals surface area (Å²) in [6, 6.07) is 11.6. The SMILES string of the molecule is O=C(COc1ccc(Cl)cc1Cl)Nn1cnc2c(cnn2-c2cccc(Cl)c2)c1=O. The van der Waals surface area contributed by atoms with Gasteiger partial charge in [0.05, 0.1) is 16.9 Å². The van der Waals surface area contributed by atoms with Gasteiger partial charge >= 0.3 is 0 Å². The van der Waals surface area contributed by atoms with Crippen molar-refractivity contribution in [2.75, 3.05) is 12.0 Å². The number of halogens is 3. The summed E-state index contributed by atoms with van der Waals surface area (Å²) >= 11 is 17.8. The summed E-state index contributed by atoms with van der Waals surface area (Å²) in [5.74, 6) is -0.286. The first kappa shape index (κ1) is 20.2. The highest BCUT2D eigenvalue weighted by Crippen LogP contribution is 2.27. The maximum absolute atomic E-state index is 12.7. The minimum Gasteiger partial charge on any atom is -0.482 e. The molecule has 2 heterocycles. The molecule has 0 aliphatic carbocycles. The molecule has 0 spiro atoms. The Hall–Kier alpha value is -3.07. The molecular weight excluding hydrogens is 453 g/mol. The predicted molar refractivity (Wildman–Crippen MR) is 114 cm³/mol. The van der Waals surface area contributed by atoms with Crippen LogP contribution in [0.15, 0.2) is 59.8 Å². The van der Waals surface area contributed by atoms with Crippen molar-refractivity contribution in [3.63, 3.8) is 0 Å². The summed E-state index contributed by atoms with van der Waals surface area (Å²) in [4.78, 5) is 29.1. The molecule has 8 nitrogen and oxygen atoms in total. The minimum absolute atomic E-state index is 0.222. The van der Waals surface area contributed by atoms with Gasteiger partial charge in [0.25, 0.3) is 11.5 Å². The summed E-state index contributed by atoms with van der Waals surface area (Å²) in [6.45, 7) is -0.367. The van der Waals surface area contributed by atoms with Crippen molar-refractivity contribution in [1.82, 2.24) is 19.4 Å². The molecule has 4 aromatic rings. The Morgan fingerprint density at radius 2 is 1.90 bits per heavy atom. The Morgan fingerprint density at radius 1 is 1.10 bits per heavy atom. The Labute approximate surface area is 184 Å². The van der Waals surface area contributed by atoms with Gasteiger partial charge in [0.1, 0.15) is 17.5 Å². The van der Waals surface area contributed by atoms with Gasteiger partial charge in [-0.25, -0.2) is 14.3 Å². The molecule has 0 radical (unpaired) electrons. The van der Waals surface area contributed by atoms with Gasteiger partial charge in [-0.1, -0.05) is 40.9 Å². The first-order chi connectivity index (χ1) is 14.4. The average Bonchev–Trinajstić information content (AvgIpc) is 3.14. The Morgan fingerprint density at radius 3 is 2.67 bits per heavy atom. The molecule has 0 saturated carbocycles. The Bertz CT molecular complexity index is 1320. The fourth-order valence-corrected chi connectivity index (χ4v) is 3.34. The van der Waals surface area contributed by atoms with Crippen molar-refractivity contribution in [3.05, 3.63) is 80.4 Å². The number of nitrogens with zero attached hydrogens (tertiary/aromatic N) is 4. The van der Waals surface area contributed by atoms with E-state index in [0.717, 1.165) is 4.68 Å². The highest BCUT2D eigenvalue weighted by molar-refractivity contribution is 6.35. The first-order valence-electron chi connectivity index (χ1n) is 8.51. The van der Waals surface area contributed by atoms with Gasteiger partial charge in [-0.15, -0.1) is 0 Å². The average molecular weight is 465 g/mol. The Balaban J connectivity index is 1.53. The second-order valence-corrected chi connectivity index (χ2v) is 7.37. The monoisotopic (exact) mass is 463 g/mol. The lowest BCUT2D eigenvalue weighted by molar-refractivity contribution is -0.119. The van der Waals surface area contributed by atoms with Crippen molar-refractivity contribution in [3.8, 4) is 11.4 Å². The van der Waals surface area contributed by atoms with Crippen LogP contribution in [0.2, 0.25) is 15.1 Å². The zero-order valence-electron chi connectivity index (χ0n) is 15.1. The van der Waals surface area contributed by atoms with E-state index in [1.165, 1.54) is 23.3 Å². The van der Waals surface area contributed by atoms with Crippen LogP contribution in [-0.4, -0.2) is 32.0 Å². The smallest absolute Gasteiger partial charge is 0.283 e. The lowest BCUT2D eigenvalue weighted by atomic mass is 10.3. The molecule has 0 atom stereocenters. The molecule has 1 amide bonds. The van der Waals surface area contributed by atoms with E-state index in [9.17, 15) is 9.59 Å². The summed E-state index contributed by atoms with van der Waals surface area (Å²) < 4.78 is 7.81. The number of hydrogen-bond donors (Lipinski definition) is 1. The number of aromatic nitrogens is 4. The van der Waals surface area contributed by atoms with Crippen LogP contribution in [0.25, 0.3) is 16.7 Å². The third-order valence-electron chi connectivity index (χ3n) is 4.04. The molecule has 0 aliphatic heterocycles. The van der Waals surface area contributed by atoms with E-state index in [0.29, 0.717) is 27.1 Å². The van der Waals surface area contributed by atoms with E-state index in [1.54, 1.807) is 36.4 Å². The van der Waals surface area contributed by atoms with E-state index in [4.69, 9.17) is 39.5 Å². The summed E-state index contributed by atoms with van der Waals surface area (Å²) in [7, 11) is 0. The fourth-order valence-electron chi connectivity index (χ4n) is 2.69. The van der Waals surface area contributed by atoms with E-state index in [2.05, 4.69) is 15.5 Å².